The number of aromatic nitrogens is 1. The fourth-order valence-electron chi connectivity index (χ4n) is 2.53. The quantitative estimate of drug-likeness (QED) is 0.685. The number of pyridine rings is 1. The van der Waals surface area contributed by atoms with Crippen LogP contribution in [0, 0.1) is 0 Å². The lowest BCUT2D eigenvalue weighted by Gasteiger charge is -2.10. The van der Waals surface area contributed by atoms with Gasteiger partial charge in [0.25, 0.3) is 11.8 Å². The van der Waals surface area contributed by atoms with E-state index in [1.54, 1.807) is 67.0 Å². The molecule has 0 aliphatic heterocycles. The molecule has 28 heavy (non-hydrogen) atoms. The van der Waals surface area contributed by atoms with E-state index in [4.69, 9.17) is 9.47 Å². The Balaban J connectivity index is 1.67. The molecular formula is C21H19N3O4. The number of nitrogens with one attached hydrogen (secondary N) is 2. The van der Waals surface area contributed by atoms with E-state index in [0.29, 0.717) is 34.0 Å². The van der Waals surface area contributed by atoms with Crippen LogP contribution in [0.25, 0.3) is 0 Å². The molecule has 2 N–H and O–H groups in total. The second kappa shape index (κ2) is 8.68. The van der Waals surface area contributed by atoms with Gasteiger partial charge in [0.15, 0.2) is 11.5 Å². The van der Waals surface area contributed by atoms with Crippen LogP contribution >= 0.6 is 0 Å². The molecule has 7 heteroatoms. The van der Waals surface area contributed by atoms with Crippen LogP contribution in [0.5, 0.6) is 11.5 Å². The number of carbonyl (C=O) groups is 2. The Bertz CT molecular complexity index is 973. The van der Waals surface area contributed by atoms with E-state index in [1.165, 1.54) is 14.2 Å². The molecule has 0 unspecified atom stereocenters. The van der Waals surface area contributed by atoms with Crippen molar-refractivity contribution in [2.75, 3.05) is 24.9 Å². The summed E-state index contributed by atoms with van der Waals surface area (Å²) in [4.78, 5) is 28.6. The van der Waals surface area contributed by atoms with Crippen molar-refractivity contribution in [1.29, 1.82) is 0 Å². The first-order chi connectivity index (χ1) is 13.6. The van der Waals surface area contributed by atoms with Gasteiger partial charge in [-0.25, -0.2) is 0 Å². The van der Waals surface area contributed by atoms with Gasteiger partial charge in [0.1, 0.15) is 0 Å². The Morgan fingerprint density at radius 2 is 1.43 bits per heavy atom. The van der Waals surface area contributed by atoms with Gasteiger partial charge in [0, 0.05) is 23.0 Å². The van der Waals surface area contributed by atoms with Crippen LogP contribution in [-0.2, 0) is 0 Å². The monoisotopic (exact) mass is 377 g/mol. The Morgan fingerprint density at radius 1 is 0.786 bits per heavy atom. The van der Waals surface area contributed by atoms with E-state index in [9.17, 15) is 9.59 Å². The van der Waals surface area contributed by atoms with Gasteiger partial charge in [-0.15, -0.1) is 0 Å². The molecule has 0 bridgehead atoms. The van der Waals surface area contributed by atoms with Crippen molar-refractivity contribution in [2.24, 2.45) is 0 Å². The minimum atomic E-state index is -0.298. The number of amides is 2. The van der Waals surface area contributed by atoms with Crippen molar-refractivity contribution in [2.45, 2.75) is 0 Å². The van der Waals surface area contributed by atoms with Gasteiger partial charge in [-0.05, 0) is 54.6 Å². The van der Waals surface area contributed by atoms with Gasteiger partial charge in [-0.3, -0.25) is 14.6 Å². The van der Waals surface area contributed by atoms with Gasteiger partial charge in [-0.1, -0.05) is 0 Å². The lowest BCUT2D eigenvalue weighted by molar-refractivity contribution is 0.101. The smallest absolute Gasteiger partial charge is 0.255 e. The first-order valence-electron chi connectivity index (χ1n) is 8.45. The minimum absolute atomic E-state index is 0.259. The van der Waals surface area contributed by atoms with Crippen LogP contribution < -0.4 is 20.1 Å². The van der Waals surface area contributed by atoms with Crippen LogP contribution in [0.15, 0.2) is 67.0 Å². The lowest BCUT2D eigenvalue weighted by atomic mass is 10.1. The predicted octanol–water partition coefficient (Wildman–Crippen LogP) is 3.60. The number of hydrogen-bond acceptors (Lipinski definition) is 5. The van der Waals surface area contributed by atoms with Gasteiger partial charge in [-0.2, -0.15) is 0 Å². The Hall–Kier alpha value is -3.87. The number of anilines is 2. The van der Waals surface area contributed by atoms with Gasteiger partial charge >= 0.3 is 0 Å². The van der Waals surface area contributed by atoms with Crippen LogP contribution in [-0.4, -0.2) is 31.0 Å². The zero-order valence-corrected chi connectivity index (χ0v) is 15.4. The average Bonchev–Trinajstić information content (AvgIpc) is 2.74. The van der Waals surface area contributed by atoms with Crippen LogP contribution in [0.1, 0.15) is 20.7 Å². The maximum absolute atomic E-state index is 12.4. The number of carbonyl (C=O) groups excluding carboxylic acids is 2. The number of nitrogens with zero attached hydrogens (tertiary/aromatic N) is 1. The predicted molar refractivity (Wildman–Crippen MR) is 106 cm³/mol. The molecule has 0 aliphatic carbocycles. The van der Waals surface area contributed by atoms with E-state index in [1.807, 2.05) is 0 Å². The van der Waals surface area contributed by atoms with E-state index in [-0.39, 0.29) is 11.8 Å². The molecule has 0 atom stereocenters. The van der Waals surface area contributed by atoms with Crippen LogP contribution in [0.2, 0.25) is 0 Å². The van der Waals surface area contributed by atoms with Crippen molar-refractivity contribution in [3.8, 4) is 11.5 Å². The zero-order valence-electron chi connectivity index (χ0n) is 15.4. The van der Waals surface area contributed by atoms with Crippen LogP contribution in [0.3, 0.4) is 0 Å². The summed E-state index contributed by atoms with van der Waals surface area (Å²) < 4.78 is 10.4. The third-order valence-electron chi connectivity index (χ3n) is 3.97. The Morgan fingerprint density at radius 3 is 2.07 bits per heavy atom. The highest BCUT2D eigenvalue weighted by Gasteiger charge is 2.12. The topological polar surface area (TPSA) is 89.5 Å². The third-order valence-corrected chi connectivity index (χ3v) is 3.97. The highest BCUT2D eigenvalue weighted by Crippen LogP contribution is 2.27. The second-order valence-electron chi connectivity index (χ2n) is 5.80. The molecule has 142 valence electrons. The number of hydrogen-bond donors (Lipinski definition) is 2. The zero-order chi connectivity index (χ0) is 19.9. The number of rotatable bonds is 6. The molecule has 0 aliphatic rings. The van der Waals surface area contributed by atoms with E-state index in [0.717, 1.165) is 0 Å². The third kappa shape index (κ3) is 4.45. The summed E-state index contributed by atoms with van der Waals surface area (Å²) in [5, 5.41) is 5.54. The van der Waals surface area contributed by atoms with E-state index < -0.39 is 0 Å². The summed E-state index contributed by atoms with van der Waals surface area (Å²) in [7, 11) is 3.04. The molecule has 0 saturated carbocycles. The van der Waals surface area contributed by atoms with Gasteiger partial charge in [0.2, 0.25) is 0 Å². The fraction of sp³-hybridized carbons (Fsp3) is 0.0952. The summed E-state index contributed by atoms with van der Waals surface area (Å²) in [6.45, 7) is 0. The number of methoxy groups -OCH3 is 2. The van der Waals surface area contributed by atoms with Gasteiger partial charge < -0.3 is 20.1 Å². The first-order valence-corrected chi connectivity index (χ1v) is 8.45. The van der Waals surface area contributed by atoms with Crippen molar-refractivity contribution in [3.63, 3.8) is 0 Å². The average molecular weight is 377 g/mol. The molecule has 3 rings (SSSR count). The SMILES string of the molecule is COc1ccc(C(=O)Nc2ccc(C(=O)Nc3cccnc3)cc2)cc1OC. The molecule has 2 amide bonds. The summed E-state index contributed by atoms with van der Waals surface area (Å²) in [6.07, 6.45) is 3.20. The normalized spacial score (nSPS) is 10.1. The molecule has 1 heterocycles. The second-order valence-corrected chi connectivity index (χ2v) is 5.80. The van der Waals surface area contributed by atoms with E-state index in [2.05, 4.69) is 15.6 Å². The molecule has 0 saturated heterocycles. The van der Waals surface area contributed by atoms with Gasteiger partial charge in [0.05, 0.1) is 26.1 Å². The molecule has 1 aromatic heterocycles. The maximum atomic E-state index is 12.4. The van der Waals surface area contributed by atoms with Crippen molar-refractivity contribution in [3.05, 3.63) is 78.1 Å². The van der Waals surface area contributed by atoms with Crippen LogP contribution in [0.4, 0.5) is 11.4 Å². The maximum Gasteiger partial charge on any atom is 0.255 e. The van der Waals surface area contributed by atoms with Crippen molar-refractivity contribution < 1.29 is 19.1 Å². The highest BCUT2D eigenvalue weighted by molar-refractivity contribution is 6.06. The number of benzene rings is 2. The molecule has 0 radical (unpaired) electrons. The highest BCUT2D eigenvalue weighted by atomic mass is 16.5. The van der Waals surface area contributed by atoms with E-state index >= 15 is 0 Å². The first kappa shape index (κ1) is 18.9. The fourth-order valence-corrected chi connectivity index (χ4v) is 2.53. The molecule has 7 nitrogen and oxygen atoms in total. The number of ether oxygens (including phenoxy) is 2. The molecular weight excluding hydrogens is 358 g/mol. The minimum Gasteiger partial charge on any atom is -0.493 e. The molecule has 0 fully saturated rings. The summed E-state index contributed by atoms with van der Waals surface area (Å²) >= 11 is 0. The largest absolute Gasteiger partial charge is 0.493 e. The van der Waals surface area contributed by atoms with Crippen molar-refractivity contribution >= 4 is 23.2 Å². The van der Waals surface area contributed by atoms with Crippen molar-refractivity contribution in [1.82, 2.24) is 4.98 Å². The molecule has 2 aromatic carbocycles. The Kier molecular flexibility index (Phi) is 5.86. The summed E-state index contributed by atoms with van der Waals surface area (Å²) in [5.74, 6) is 0.458. The lowest BCUT2D eigenvalue weighted by Crippen LogP contribution is -2.14. The standard InChI is InChI=1S/C21H19N3O4/c1-27-18-10-7-15(12-19(18)28-2)21(26)23-16-8-5-14(6-9-16)20(25)24-17-4-3-11-22-13-17/h3-13H,1-2H3,(H,23,26)(H,24,25). The Labute approximate surface area is 162 Å². The summed E-state index contributed by atoms with van der Waals surface area (Å²) in [5.41, 5.74) is 2.07. The summed E-state index contributed by atoms with van der Waals surface area (Å²) in [6, 6.07) is 15.0. The molecule has 3 aromatic rings. The molecule has 0 spiro atoms.